The fraction of sp³-hybridized carbons (Fsp3) is 0.500. The third-order valence-electron chi connectivity index (χ3n) is 2.04. The van der Waals surface area contributed by atoms with E-state index in [1.54, 1.807) is 0 Å². The molecule has 68 valence electrons. The Labute approximate surface area is 101 Å². The van der Waals surface area contributed by atoms with Crippen LogP contribution < -0.4 is 24.8 Å². The molecule has 1 unspecified atom stereocenters. The number of allylic oxidation sites excluding steroid dienone is 2. The maximum absolute atomic E-state index is 8.90. The molecule has 0 aromatic heterocycles. The van der Waals surface area contributed by atoms with Gasteiger partial charge in [0.05, 0.1) is 6.61 Å². The molecular formula is C8H12Cl2OTi. The summed E-state index contributed by atoms with van der Waals surface area (Å²) in [5.41, 5.74) is 1.17. The van der Waals surface area contributed by atoms with Crippen molar-refractivity contribution in [3.05, 3.63) is 23.8 Å². The molecule has 0 radical (unpaired) electrons. The Morgan fingerprint density at radius 2 is 1.92 bits per heavy atom. The molecule has 0 aliphatic heterocycles. The SMILES string of the molecule is CC1=CC=CC1(C)CO.[Cl-].[Cl-].[Ti+2]. The van der Waals surface area contributed by atoms with E-state index in [0.29, 0.717) is 0 Å². The van der Waals surface area contributed by atoms with Crippen LogP contribution in [0.3, 0.4) is 0 Å². The van der Waals surface area contributed by atoms with Gasteiger partial charge in [0.1, 0.15) is 0 Å². The van der Waals surface area contributed by atoms with Crippen molar-refractivity contribution in [2.24, 2.45) is 5.41 Å². The average Bonchev–Trinajstić information content (AvgIpc) is 2.15. The van der Waals surface area contributed by atoms with Crippen molar-refractivity contribution < 1.29 is 51.6 Å². The largest absolute Gasteiger partial charge is 2.00 e. The van der Waals surface area contributed by atoms with Crippen molar-refractivity contribution in [1.82, 2.24) is 0 Å². The fourth-order valence-electron chi connectivity index (χ4n) is 0.904. The van der Waals surface area contributed by atoms with Crippen molar-refractivity contribution in [2.75, 3.05) is 6.61 Å². The van der Waals surface area contributed by atoms with Crippen molar-refractivity contribution in [1.29, 1.82) is 0 Å². The third kappa shape index (κ3) is 3.63. The smallest absolute Gasteiger partial charge is 1.00 e. The van der Waals surface area contributed by atoms with E-state index in [2.05, 4.69) is 0 Å². The summed E-state index contributed by atoms with van der Waals surface area (Å²) in [5, 5.41) is 8.90. The Morgan fingerprint density at radius 3 is 2.08 bits per heavy atom. The molecule has 0 aromatic rings. The van der Waals surface area contributed by atoms with E-state index in [1.165, 1.54) is 5.57 Å². The molecule has 1 atom stereocenters. The Balaban J connectivity index is -0.000000270. The summed E-state index contributed by atoms with van der Waals surface area (Å²) in [7, 11) is 0. The molecule has 1 rings (SSSR count). The minimum atomic E-state index is -0.0694. The predicted octanol–water partition coefficient (Wildman–Crippen LogP) is -4.49. The Morgan fingerprint density at radius 1 is 1.42 bits per heavy atom. The molecule has 0 fully saturated rings. The number of hydrogen-bond acceptors (Lipinski definition) is 1. The van der Waals surface area contributed by atoms with Crippen molar-refractivity contribution in [3.63, 3.8) is 0 Å². The summed E-state index contributed by atoms with van der Waals surface area (Å²) in [6.45, 7) is 4.28. The number of aliphatic hydroxyl groups is 1. The molecule has 0 aromatic carbocycles. The molecule has 0 saturated carbocycles. The van der Waals surface area contributed by atoms with Gasteiger partial charge in [0.2, 0.25) is 0 Å². The van der Waals surface area contributed by atoms with Crippen LogP contribution in [0.2, 0.25) is 0 Å². The minimum absolute atomic E-state index is 0. The minimum Gasteiger partial charge on any atom is -1.00 e. The molecule has 1 nitrogen and oxygen atoms in total. The molecule has 0 spiro atoms. The van der Waals surface area contributed by atoms with E-state index < -0.39 is 0 Å². The predicted molar refractivity (Wildman–Crippen MR) is 38.1 cm³/mol. The number of aliphatic hydroxyl groups excluding tert-OH is 1. The normalized spacial score (nSPS) is 24.8. The number of hydrogen-bond donors (Lipinski definition) is 1. The zero-order valence-electron chi connectivity index (χ0n) is 7.14. The first-order valence-corrected chi connectivity index (χ1v) is 3.16. The van der Waals surface area contributed by atoms with Crippen LogP contribution in [0.4, 0.5) is 0 Å². The molecule has 0 heterocycles. The zero-order valence-corrected chi connectivity index (χ0v) is 10.2. The van der Waals surface area contributed by atoms with Gasteiger partial charge in [-0.15, -0.1) is 0 Å². The summed E-state index contributed by atoms with van der Waals surface area (Å²) in [6.07, 6.45) is 6.06. The van der Waals surface area contributed by atoms with E-state index in [1.807, 2.05) is 32.1 Å². The van der Waals surface area contributed by atoms with Crippen LogP contribution in [-0.2, 0) is 21.7 Å². The van der Waals surface area contributed by atoms with Crippen LogP contribution in [0.15, 0.2) is 23.8 Å². The molecule has 0 saturated heterocycles. The van der Waals surface area contributed by atoms with Gasteiger partial charge in [-0.1, -0.05) is 30.7 Å². The van der Waals surface area contributed by atoms with Gasteiger partial charge in [0, 0.05) is 5.41 Å². The molecule has 1 aliphatic carbocycles. The first-order chi connectivity index (χ1) is 4.19. The van der Waals surface area contributed by atoms with Gasteiger partial charge in [-0.25, -0.2) is 0 Å². The van der Waals surface area contributed by atoms with Gasteiger partial charge in [0.25, 0.3) is 0 Å². The summed E-state index contributed by atoms with van der Waals surface area (Å²) in [5.74, 6) is 0. The molecule has 4 heteroatoms. The second-order valence-corrected chi connectivity index (χ2v) is 2.78. The van der Waals surface area contributed by atoms with Crippen LogP contribution >= 0.6 is 0 Å². The van der Waals surface area contributed by atoms with Crippen LogP contribution in [0.1, 0.15) is 13.8 Å². The molecular weight excluding hydrogens is 231 g/mol. The van der Waals surface area contributed by atoms with Crippen LogP contribution in [0, 0.1) is 5.41 Å². The van der Waals surface area contributed by atoms with E-state index >= 15 is 0 Å². The fourth-order valence-corrected chi connectivity index (χ4v) is 0.904. The molecule has 12 heavy (non-hydrogen) atoms. The molecule has 0 bridgehead atoms. The Bertz CT molecular complexity index is 180. The second kappa shape index (κ2) is 7.17. The van der Waals surface area contributed by atoms with Gasteiger partial charge < -0.3 is 29.9 Å². The molecule has 1 aliphatic rings. The Hall–Kier alpha value is 0.734. The van der Waals surface area contributed by atoms with E-state index in [-0.39, 0.29) is 58.6 Å². The molecule has 0 amide bonds. The first kappa shape index (κ1) is 18.5. The number of rotatable bonds is 1. The van der Waals surface area contributed by atoms with Gasteiger partial charge in [-0.3, -0.25) is 0 Å². The maximum Gasteiger partial charge on any atom is 2.00 e. The summed E-state index contributed by atoms with van der Waals surface area (Å²) >= 11 is 0. The van der Waals surface area contributed by atoms with Crippen LogP contribution in [-0.4, -0.2) is 11.7 Å². The summed E-state index contributed by atoms with van der Waals surface area (Å²) in [4.78, 5) is 0. The van der Waals surface area contributed by atoms with Crippen LogP contribution in [0.5, 0.6) is 0 Å². The number of halogens is 2. The van der Waals surface area contributed by atoms with E-state index in [9.17, 15) is 0 Å². The van der Waals surface area contributed by atoms with Gasteiger partial charge in [-0.2, -0.15) is 0 Å². The topological polar surface area (TPSA) is 20.2 Å². The molecule has 1 N–H and O–H groups in total. The monoisotopic (exact) mass is 242 g/mol. The average molecular weight is 243 g/mol. The van der Waals surface area contributed by atoms with Crippen molar-refractivity contribution >= 4 is 0 Å². The summed E-state index contributed by atoms with van der Waals surface area (Å²) in [6, 6.07) is 0. The Kier molecular flexibility index (Phi) is 11.1. The van der Waals surface area contributed by atoms with Crippen molar-refractivity contribution in [2.45, 2.75) is 13.8 Å². The third-order valence-corrected chi connectivity index (χ3v) is 2.04. The van der Waals surface area contributed by atoms with Gasteiger partial charge in [0.15, 0.2) is 0 Å². The van der Waals surface area contributed by atoms with Crippen molar-refractivity contribution in [3.8, 4) is 0 Å². The van der Waals surface area contributed by atoms with E-state index in [4.69, 9.17) is 5.11 Å². The van der Waals surface area contributed by atoms with Gasteiger partial charge in [-0.05, 0) is 6.92 Å². The summed E-state index contributed by atoms with van der Waals surface area (Å²) < 4.78 is 0. The first-order valence-electron chi connectivity index (χ1n) is 3.16. The van der Waals surface area contributed by atoms with Crippen LogP contribution in [0.25, 0.3) is 0 Å². The van der Waals surface area contributed by atoms with E-state index in [0.717, 1.165) is 0 Å². The zero-order chi connectivity index (χ0) is 6.91. The second-order valence-electron chi connectivity index (χ2n) is 2.78. The maximum atomic E-state index is 8.90. The van der Waals surface area contributed by atoms with Gasteiger partial charge >= 0.3 is 21.7 Å². The quantitative estimate of drug-likeness (QED) is 0.460. The standard InChI is InChI=1S/C8H12O.2ClH.Ti/c1-7-4-3-5-8(7,2)6-9;;;/h3-5,9H,6H2,1-2H3;2*1H;/q;;;+2/p-2.